The second-order valence-corrected chi connectivity index (χ2v) is 5.98. The maximum Gasteiger partial charge on any atom is 0.272 e. The summed E-state index contributed by atoms with van der Waals surface area (Å²) in [6.45, 7) is 0.606. The average molecular weight is 276 g/mol. The van der Waals surface area contributed by atoms with E-state index in [-0.39, 0.29) is 22.1 Å². The number of fused-ring (bicyclic) bond motifs is 2. The molecule has 0 aliphatic carbocycles. The number of rotatable bonds is 5. The predicted molar refractivity (Wildman–Crippen MR) is 75.4 cm³/mol. The van der Waals surface area contributed by atoms with Crippen molar-refractivity contribution in [2.75, 3.05) is 6.54 Å². The average Bonchev–Trinajstić information content (AvgIpc) is 3.06. The van der Waals surface area contributed by atoms with Gasteiger partial charge in [-0.2, -0.15) is 0 Å². The van der Waals surface area contributed by atoms with Gasteiger partial charge in [0.1, 0.15) is 0 Å². The molecule has 1 aromatic rings. The Bertz CT molecular complexity index is 520. The Hall–Kier alpha value is -1.46. The second kappa shape index (κ2) is 5.14. The molecular formula is C15H20N2O3. The van der Waals surface area contributed by atoms with Crippen LogP contribution in [-0.2, 0) is 11.2 Å². The number of nitro groups is 1. The SMILES string of the molecule is NCC1(CCc2ccccc2[N+](=O)[O-])CC2CCC1O2. The van der Waals surface area contributed by atoms with Crippen LogP contribution in [0.25, 0.3) is 0 Å². The Balaban J connectivity index is 1.75. The zero-order valence-electron chi connectivity index (χ0n) is 11.5. The van der Waals surface area contributed by atoms with Crippen molar-refractivity contribution in [1.29, 1.82) is 0 Å². The van der Waals surface area contributed by atoms with Gasteiger partial charge < -0.3 is 10.5 Å². The molecule has 3 rings (SSSR count). The van der Waals surface area contributed by atoms with Crippen LogP contribution >= 0.6 is 0 Å². The maximum atomic E-state index is 11.1. The lowest BCUT2D eigenvalue weighted by Crippen LogP contribution is -2.40. The van der Waals surface area contributed by atoms with Gasteiger partial charge in [0, 0.05) is 23.6 Å². The van der Waals surface area contributed by atoms with Crippen LogP contribution in [0.5, 0.6) is 0 Å². The van der Waals surface area contributed by atoms with Crippen molar-refractivity contribution < 1.29 is 9.66 Å². The summed E-state index contributed by atoms with van der Waals surface area (Å²) in [6.07, 6.45) is 5.40. The third-order valence-electron chi connectivity index (χ3n) is 4.91. The molecular weight excluding hydrogens is 256 g/mol. The lowest BCUT2D eigenvalue weighted by Gasteiger charge is -2.34. The van der Waals surface area contributed by atoms with Crippen molar-refractivity contribution in [2.24, 2.45) is 11.1 Å². The van der Waals surface area contributed by atoms with Gasteiger partial charge in [-0.3, -0.25) is 10.1 Å². The van der Waals surface area contributed by atoms with Crippen LogP contribution in [0, 0.1) is 15.5 Å². The second-order valence-electron chi connectivity index (χ2n) is 5.98. The fourth-order valence-corrected chi connectivity index (χ4v) is 3.76. The van der Waals surface area contributed by atoms with Gasteiger partial charge in [0.05, 0.1) is 17.1 Å². The molecule has 3 atom stereocenters. The number of hydrogen-bond acceptors (Lipinski definition) is 4. The number of nitrogens with two attached hydrogens (primary N) is 1. The highest BCUT2D eigenvalue weighted by molar-refractivity contribution is 5.39. The van der Waals surface area contributed by atoms with Crippen LogP contribution in [-0.4, -0.2) is 23.7 Å². The molecule has 2 saturated heterocycles. The number of para-hydroxylation sites is 1. The van der Waals surface area contributed by atoms with E-state index in [2.05, 4.69) is 0 Å². The normalized spacial score (nSPS) is 31.6. The van der Waals surface area contributed by atoms with Crippen molar-refractivity contribution in [1.82, 2.24) is 0 Å². The zero-order chi connectivity index (χ0) is 14.2. The third-order valence-corrected chi connectivity index (χ3v) is 4.91. The van der Waals surface area contributed by atoms with E-state index in [0.29, 0.717) is 19.1 Å². The summed E-state index contributed by atoms with van der Waals surface area (Å²) in [4.78, 5) is 10.7. The molecule has 2 heterocycles. The molecule has 2 N–H and O–H groups in total. The highest BCUT2D eigenvalue weighted by atomic mass is 16.6. The smallest absolute Gasteiger partial charge is 0.272 e. The first-order valence-electron chi connectivity index (χ1n) is 7.22. The highest BCUT2D eigenvalue weighted by Crippen LogP contribution is 2.49. The summed E-state index contributed by atoms with van der Waals surface area (Å²) < 4.78 is 5.93. The first kappa shape index (κ1) is 13.5. The van der Waals surface area contributed by atoms with E-state index in [1.165, 1.54) is 0 Å². The van der Waals surface area contributed by atoms with E-state index in [0.717, 1.165) is 31.2 Å². The fraction of sp³-hybridized carbons (Fsp3) is 0.600. The molecule has 5 nitrogen and oxygen atoms in total. The molecule has 0 spiro atoms. The number of ether oxygens (including phenoxy) is 1. The molecule has 0 radical (unpaired) electrons. The Morgan fingerprint density at radius 1 is 1.40 bits per heavy atom. The van der Waals surface area contributed by atoms with Crippen molar-refractivity contribution >= 4 is 5.69 Å². The van der Waals surface area contributed by atoms with E-state index in [4.69, 9.17) is 10.5 Å². The minimum atomic E-state index is -0.304. The van der Waals surface area contributed by atoms with Crippen LogP contribution in [0.15, 0.2) is 24.3 Å². The van der Waals surface area contributed by atoms with E-state index < -0.39 is 0 Å². The number of aryl methyl sites for hydroxylation is 1. The zero-order valence-corrected chi connectivity index (χ0v) is 11.5. The van der Waals surface area contributed by atoms with Gasteiger partial charge in [0.25, 0.3) is 5.69 Å². The Kier molecular flexibility index (Phi) is 3.48. The molecule has 3 unspecified atom stereocenters. The standard InChI is InChI=1S/C15H20N2O3/c16-10-15(9-12-5-6-14(15)20-12)8-7-11-3-1-2-4-13(11)17(18)19/h1-4,12,14H,5-10,16H2. The fourth-order valence-electron chi connectivity index (χ4n) is 3.76. The molecule has 2 aliphatic rings. The Morgan fingerprint density at radius 3 is 2.80 bits per heavy atom. The monoisotopic (exact) mass is 276 g/mol. The lowest BCUT2D eigenvalue weighted by atomic mass is 9.70. The number of nitrogens with zero attached hydrogens (tertiary/aromatic N) is 1. The van der Waals surface area contributed by atoms with E-state index in [1.807, 2.05) is 12.1 Å². The lowest BCUT2D eigenvalue weighted by molar-refractivity contribution is -0.385. The summed E-state index contributed by atoms with van der Waals surface area (Å²) in [5, 5.41) is 11.1. The van der Waals surface area contributed by atoms with Crippen LogP contribution in [0.2, 0.25) is 0 Å². The van der Waals surface area contributed by atoms with E-state index in [1.54, 1.807) is 12.1 Å². The van der Waals surface area contributed by atoms with Gasteiger partial charge in [0.2, 0.25) is 0 Å². The molecule has 0 amide bonds. The summed E-state index contributed by atoms with van der Waals surface area (Å²) in [5.41, 5.74) is 7.03. The van der Waals surface area contributed by atoms with Crippen molar-refractivity contribution in [2.45, 2.75) is 44.3 Å². The van der Waals surface area contributed by atoms with Gasteiger partial charge in [-0.15, -0.1) is 0 Å². The minimum absolute atomic E-state index is 0.0205. The Morgan fingerprint density at radius 2 is 2.20 bits per heavy atom. The molecule has 2 bridgehead atoms. The van der Waals surface area contributed by atoms with Gasteiger partial charge in [-0.05, 0) is 32.1 Å². The van der Waals surface area contributed by atoms with Crippen molar-refractivity contribution in [3.8, 4) is 0 Å². The molecule has 0 saturated carbocycles. The third kappa shape index (κ3) is 2.21. The molecule has 0 aromatic heterocycles. The minimum Gasteiger partial charge on any atom is -0.374 e. The molecule has 5 heteroatoms. The van der Waals surface area contributed by atoms with Crippen molar-refractivity contribution in [3.63, 3.8) is 0 Å². The topological polar surface area (TPSA) is 78.4 Å². The number of benzene rings is 1. The van der Waals surface area contributed by atoms with Gasteiger partial charge in [-0.25, -0.2) is 0 Å². The van der Waals surface area contributed by atoms with Crippen LogP contribution < -0.4 is 5.73 Å². The highest BCUT2D eigenvalue weighted by Gasteiger charge is 2.51. The Labute approximate surface area is 118 Å². The van der Waals surface area contributed by atoms with Crippen LogP contribution in [0.4, 0.5) is 5.69 Å². The van der Waals surface area contributed by atoms with Crippen molar-refractivity contribution in [3.05, 3.63) is 39.9 Å². The van der Waals surface area contributed by atoms with Gasteiger partial charge >= 0.3 is 0 Å². The van der Waals surface area contributed by atoms with Crippen LogP contribution in [0.1, 0.15) is 31.2 Å². The molecule has 20 heavy (non-hydrogen) atoms. The summed E-state index contributed by atoms with van der Waals surface area (Å²) in [7, 11) is 0. The van der Waals surface area contributed by atoms with Crippen LogP contribution in [0.3, 0.4) is 0 Å². The van der Waals surface area contributed by atoms with Gasteiger partial charge in [0.15, 0.2) is 0 Å². The largest absolute Gasteiger partial charge is 0.374 e. The number of nitro benzene ring substituents is 1. The molecule has 1 aromatic carbocycles. The first-order chi connectivity index (χ1) is 9.64. The quantitative estimate of drug-likeness (QED) is 0.661. The summed E-state index contributed by atoms with van der Waals surface area (Å²) in [6, 6.07) is 6.98. The first-order valence-corrected chi connectivity index (χ1v) is 7.22. The van der Waals surface area contributed by atoms with Gasteiger partial charge in [-0.1, -0.05) is 18.2 Å². The predicted octanol–water partition coefficient (Wildman–Crippen LogP) is 2.42. The number of hydrogen-bond donors (Lipinski definition) is 1. The molecule has 108 valence electrons. The summed E-state index contributed by atoms with van der Waals surface area (Å²) >= 11 is 0. The molecule has 2 fully saturated rings. The summed E-state index contributed by atoms with van der Waals surface area (Å²) in [5.74, 6) is 0. The van der Waals surface area contributed by atoms with E-state index in [9.17, 15) is 10.1 Å². The molecule has 2 aliphatic heterocycles. The van der Waals surface area contributed by atoms with E-state index >= 15 is 0 Å². The maximum absolute atomic E-state index is 11.1.